The van der Waals surface area contributed by atoms with Crippen LogP contribution >= 0.6 is 12.2 Å². The number of ether oxygens (including phenoxy) is 1. The molecule has 2 aliphatic rings. The lowest BCUT2D eigenvalue weighted by molar-refractivity contribution is 0.122. The number of rotatable bonds is 5. The van der Waals surface area contributed by atoms with E-state index in [1.54, 1.807) is 0 Å². The monoisotopic (exact) mass is 352 g/mol. The van der Waals surface area contributed by atoms with Gasteiger partial charge < -0.3 is 19.9 Å². The largest absolute Gasteiger partial charge is 0.378 e. The van der Waals surface area contributed by atoms with Crippen LogP contribution in [-0.2, 0) is 4.74 Å². The molecule has 0 bridgehead atoms. The Morgan fingerprint density at radius 1 is 1.04 bits per heavy atom. The SMILES string of the molecule is CCNC(=S)NNc1nc(N2CCCC2)nc(N2CCOCC2)n1. The van der Waals surface area contributed by atoms with E-state index in [1.165, 1.54) is 12.8 Å². The number of nitrogens with zero attached hydrogens (tertiary/aromatic N) is 5. The highest BCUT2D eigenvalue weighted by atomic mass is 32.1. The summed E-state index contributed by atoms with van der Waals surface area (Å²) in [6.07, 6.45) is 2.34. The first-order valence-corrected chi connectivity index (χ1v) is 8.80. The van der Waals surface area contributed by atoms with Crippen molar-refractivity contribution in [1.82, 2.24) is 25.7 Å². The second-order valence-electron chi connectivity index (χ2n) is 5.66. The first-order chi connectivity index (χ1) is 11.8. The summed E-state index contributed by atoms with van der Waals surface area (Å²) >= 11 is 5.16. The molecule has 0 radical (unpaired) electrons. The fraction of sp³-hybridized carbons (Fsp3) is 0.714. The smallest absolute Gasteiger partial charge is 0.248 e. The highest BCUT2D eigenvalue weighted by molar-refractivity contribution is 7.80. The number of hydrogen-bond acceptors (Lipinski definition) is 8. The van der Waals surface area contributed by atoms with Crippen LogP contribution < -0.4 is 26.0 Å². The van der Waals surface area contributed by atoms with Gasteiger partial charge in [0, 0.05) is 32.7 Å². The van der Waals surface area contributed by atoms with E-state index in [9.17, 15) is 0 Å². The Hall–Kier alpha value is -1.94. The Kier molecular flexibility index (Phi) is 5.81. The second-order valence-corrected chi connectivity index (χ2v) is 6.07. The highest BCUT2D eigenvalue weighted by Crippen LogP contribution is 2.20. The molecule has 3 rings (SSSR count). The fourth-order valence-corrected chi connectivity index (χ4v) is 2.89. The lowest BCUT2D eigenvalue weighted by atomic mass is 10.4. The number of nitrogens with one attached hydrogen (secondary N) is 3. The van der Waals surface area contributed by atoms with Crippen LogP contribution in [-0.4, -0.2) is 66.0 Å². The molecule has 0 atom stereocenters. The summed E-state index contributed by atoms with van der Waals surface area (Å²) in [6.45, 7) is 7.65. The molecule has 1 aromatic rings. The van der Waals surface area contributed by atoms with E-state index in [0.717, 1.165) is 32.7 Å². The molecular weight excluding hydrogens is 328 g/mol. The molecule has 10 heteroatoms. The van der Waals surface area contributed by atoms with E-state index in [1.807, 2.05) is 6.92 Å². The second kappa shape index (κ2) is 8.25. The number of hydrazine groups is 1. The third kappa shape index (κ3) is 4.32. The molecule has 3 heterocycles. The summed E-state index contributed by atoms with van der Waals surface area (Å²) < 4.78 is 5.41. The maximum Gasteiger partial charge on any atom is 0.248 e. The van der Waals surface area contributed by atoms with Crippen LogP contribution in [0.3, 0.4) is 0 Å². The van der Waals surface area contributed by atoms with Crippen LogP contribution in [0.4, 0.5) is 17.8 Å². The number of aromatic nitrogens is 3. The van der Waals surface area contributed by atoms with Gasteiger partial charge in [0.15, 0.2) is 5.11 Å². The Labute approximate surface area is 147 Å². The van der Waals surface area contributed by atoms with Crippen molar-refractivity contribution in [2.45, 2.75) is 19.8 Å². The molecule has 0 aromatic carbocycles. The quantitative estimate of drug-likeness (QED) is 0.501. The van der Waals surface area contributed by atoms with E-state index in [4.69, 9.17) is 17.0 Å². The van der Waals surface area contributed by atoms with Gasteiger partial charge in [-0.3, -0.25) is 10.9 Å². The van der Waals surface area contributed by atoms with Crippen molar-refractivity contribution in [1.29, 1.82) is 0 Å². The lowest BCUT2D eigenvalue weighted by Gasteiger charge is -2.28. The topological polar surface area (TPSA) is 90.5 Å². The normalized spacial score (nSPS) is 17.7. The summed E-state index contributed by atoms with van der Waals surface area (Å²) in [7, 11) is 0. The molecule has 132 valence electrons. The molecular formula is C14H24N8OS. The van der Waals surface area contributed by atoms with Crippen molar-refractivity contribution < 1.29 is 4.74 Å². The summed E-state index contributed by atoms with van der Waals surface area (Å²) in [5.74, 6) is 1.85. The molecule has 2 aliphatic heterocycles. The van der Waals surface area contributed by atoms with Gasteiger partial charge in [-0.1, -0.05) is 0 Å². The van der Waals surface area contributed by atoms with Crippen molar-refractivity contribution in [3.05, 3.63) is 0 Å². The maximum absolute atomic E-state index is 5.41. The molecule has 0 spiro atoms. The van der Waals surface area contributed by atoms with Gasteiger partial charge in [0.25, 0.3) is 0 Å². The minimum absolute atomic E-state index is 0.466. The molecule has 3 N–H and O–H groups in total. The van der Waals surface area contributed by atoms with Crippen LogP contribution in [0.15, 0.2) is 0 Å². The average Bonchev–Trinajstić information content (AvgIpc) is 3.15. The van der Waals surface area contributed by atoms with E-state index in [-0.39, 0.29) is 0 Å². The van der Waals surface area contributed by atoms with Crippen molar-refractivity contribution in [2.24, 2.45) is 0 Å². The number of thiocarbonyl (C=S) groups is 1. The minimum atomic E-state index is 0.466. The van der Waals surface area contributed by atoms with Crippen molar-refractivity contribution in [2.75, 3.05) is 61.2 Å². The van der Waals surface area contributed by atoms with E-state index < -0.39 is 0 Å². The Morgan fingerprint density at radius 2 is 1.67 bits per heavy atom. The molecule has 0 amide bonds. The maximum atomic E-state index is 5.41. The van der Waals surface area contributed by atoms with Crippen molar-refractivity contribution in [3.8, 4) is 0 Å². The lowest BCUT2D eigenvalue weighted by Crippen LogP contribution is -2.40. The molecule has 1 aromatic heterocycles. The van der Waals surface area contributed by atoms with Gasteiger partial charge in [-0.2, -0.15) is 15.0 Å². The van der Waals surface area contributed by atoms with Gasteiger partial charge in [0.2, 0.25) is 17.8 Å². The van der Waals surface area contributed by atoms with Gasteiger partial charge in [-0.25, -0.2) is 0 Å². The third-order valence-electron chi connectivity index (χ3n) is 3.92. The van der Waals surface area contributed by atoms with Gasteiger partial charge in [-0.15, -0.1) is 0 Å². The van der Waals surface area contributed by atoms with Crippen LogP contribution in [0, 0.1) is 0 Å². The highest BCUT2D eigenvalue weighted by Gasteiger charge is 2.21. The Balaban J connectivity index is 1.77. The van der Waals surface area contributed by atoms with Crippen LogP contribution in [0.5, 0.6) is 0 Å². The van der Waals surface area contributed by atoms with Gasteiger partial charge in [-0.05, 0) is 32.0 Å². The molecule has 0 unspecified atom stereocenters. The zero-order valence-electron chi connectivity index (χ0n) is 13.9. The Morgan fingerprint density at radius 3 is 2.29 bits per heavy atom. The van der Waals surface area contributed by atoms with Crippen LogP contribution in [0.2, 0.25) is 0 Å². The molecule has 9 nitrogen and oxygen atoms in total. The predicted molar refractivity (Wildman–Crippen MR) is 97.3 cm³/mol. The molecule has 24 heavy (non-hydrogen) atoms. The minimum Gasteiger partial charge on any atom is -0.378 e. The number of hydrogen-bond donors (Lipinski definition) is 3. The zero-order valence-corrected chi connectivity index (χ0v) is 14.7. The summed E-state index contributed by atoms with van der Waals surface area (Å²) in [6, 6.07) is 0. The van der Waals surface area contributed by atoms with Crippen molar-refractivity contribution >= 4 is 35.2 Å². The van der Waals surface area contributed by atoms with Gasteiger partial charge in [0.1, 0.15) is 0 Å². The van der Waals surface area contributed by atoms with E-state index >= 15 is 0 Å². The van der Waals surface area contributed by atoms with E-state index in [0.29, 0.717) is 36.2 Å². The first kappa shape index (κ1) is 16.9. The van der Waals surface area contributed by atoms with Gasteiger partial charge in [0.05, 0.1) is 13.2 Å². The first-order valence-electron chi connectivity index (χ1n) is 8.40. The predicted octanol–water partition coefficient (Wildman–Crippen LogP) is 0.119. The standard InChI is InChI=1S/C14H24N8OS/c1-2-15-14(24)20-19-11-16-12(21-5-3-4-6-21)18-13(17-11)22-7-9-23-10-8-22/h2-10H2,1H3,(H2,15,20,24)(H,16,17,18,19). The van der Waals surface area contributed by atoms with Gasteiger partial charge >= 0.3 is 0 Å². The Bertz CT molecular complexity index is 560. The van der Waals surface area contributed by atoms with Crippen LogP contribution in [0.25, 0.3) is 0 Å². The third-order valence-corrected chi connectivity index (χ3v) is 4.17. The average molecular weight is 352 g/mol. The zero-order chi connectivity index (χ0) is 16.8. The molecule has 0 aliphatic carbocycles. The summed E-state index contributed by atoms with van der Waals surface area (Å²) in [5.41, 5.74) is 5.88. The molecule has 0 saturated carbocycles. The van der Waals surface area contributed by atoms with E-state index in [2.05, 4.69) is 40.9 Å². The van der Waals surface area contributed by atoms with Crippen molar-refractivity contribution in [3.63, 3.8) is 0 Å². The van der Waals surface area contributed by atoms with Crippen LogP contribution in [0.1, 0.15) is 19.8 Å². The number of anilines is 3. The summed E-state index contributed by atoms with van der Waals surface area (Å²) in [4.78, 5) is 18.0. The number of morpholine rings is 1. The molecule has 2 saturated heterocycles. The fourth-order valence-electron chi connectivity index (χ4n) is 2.69. The molecule has 2 fully saturated rings. The summed E-state index contributed by atoms with van der Waals surface area (Å²) in [5, 5.41) is 3.52.